The first kappa shape index (κ1) is 27.3. The zero-order valence-electron chi connectivity index (χ0n) is 21.3. The van der Waals surface area contributed by atoms with Crippen LogP contribution in [0.1, 0.15) is 21.6 Å². The molecule has 0 spiro atoms. The largest absolute Gasteiger partial charge is 0.435 e. The molecule has 0 unspecified atom stereocenters. The number of likely N-dealkylation sites (N-methyl/N-ethyl adjacent to an activating group) is 1. The first-order chi connectivity index (χ1) is 18.0. The zero-order chi connectivity index (χ0) is 27.4. The molecule has 1 aliphatic heterocycles. The molecule has 38 heavy (non-hydrogen) atoms. The molecule has 1 fully saturated rings. The van der Waals surface area contributed by atoms with E-state index in [1.165, 1.54) is 12.1 Å². The Hall–Kier alpha value is -3.70. The minimum Gasteiger partial charge on any atom is -0.435 e. The summed E-state index contributed by atoms with van der Waals surface area (Å²) in [6.07, 6.45) is -4.56. The van der Waals surface area contributed by atoms with E-state index in [1.54, 1.807) is 29.2 Å². The van der Waals surface area contributed by atoms with Gasteiger partial charge in [0.15, 0.2) is 11.5 Å². The number of hydrogen-bond donors (Lipinski definition) is 1. The molecule has 1 saturated heterocycles. The molecule has 1 aliphatic rings. The Labute approximate surface area is 218 Å². The third kappa shape index (κ3) is 6.40. The van der Waals surface area contributed by atoms with Crippen LogP contribution in [-0.2, 0) is 17.4 Å². The highest BCUT2D eigenvalue weighted by atomic mass is 19.4. The Balaban J connectivity index is 1.68. The minimum atomic E-state index is -4.48. The van der Waals surface area contributed by atoms with E-state index in [2.05, 4.69) is 14.8 Å². The highest BCUT2D eigenvalue weighted by Crippen LogP contribution is 2.35. The summed E-state index contributed by atoms with van der Waals surface area (Å²) in [5.74, 6) is -0.739. The van der Waals surface area contributed by atoms with Gasteiger partial charge >= 0.3 is 6.18 Å². The summed E-state index contributed by atoms with van der Waals surface area (Å²) >= 11 is 0. The average Bonchev–Trinajstić information content (AvgIpc) is 3.32. The second-order valence-electron chi connectivity index (χ2n) is 9.51. The van der Waals surface area contributed by atoms with Gasteiger partial charge in [-0.15, -0.1) is 0 Å². The molecule has 2 amide bonds. The molecule has 0 atom stereocenters. The molecular formula is C27H30F3N5O3. The average molecular weight is 530 g/mol. The third-order valence-corrected chi connectivity index (χ3v) is 6.44. The van der Waals surface area contributed by atoms with Crippen molar-refractivity contribution in [3.05, 3.63) is 65.4 Å². The van der Waals surface area contributed by atoms with Crippen LogP contribution in [0.3, 0.4) is 0 Å². The van der Waals surface area contributed by atoms with Crippen LogP contribution < -0.4 is 5.73 Å². The number of amides is 2. The molecule has 0 bridgehead atoms. The van der Waals surface area contributed by atoms with Gasteiger partial charge in [-0.3, -0.25) is 14.5 Å². The van der Waals surface area contributed by atoms with Crippen molar-refractivity contribution in [3.63, 3.8) is 0 Å². The summed E-state index contributed by atoms with van der Waals surface area (Å²) in [5, 5.41) is 0. The van der Waals surface area contributed by atoms with Crippen LogP contribution >= 0.6 is 0 Å². The van der Waals surface area contributed by atoms with Crippen molar-refractivity contribution in [1.82, 2.24) is 19.7 Å². The molecule has 0 radical (unpaired) electrons. The molecule has 4 rings (SSSR count). The number of hydrogen-bond acceptors (Lipinski definition) is 6. The van der Waals surface area contributed by atoms with Gasteiger partial charge in [0.25, 0.3) is 5.91 Å². The van der Waals surface area contributed by atoms with Crippen molar-refractivity contribution in [2.45, 2.75) is 12.6 Å². The van der Waals surface area contributed by atoms with E-state index in [4.69, 9.17) is 10.2 Å². The van der Waals surface area contributed by atoms with Gasteiger partial charge in [-0.25, -0.2) is 4.98 Å². The Kier molecular flexibility index (Phi) is 8.17. The van der Waals surface area contributed by atoms with Crippen molar-refractivity contribution >= 4 is 11.8 Å². The Morgan fingerprint density at radius 3 is 2.29 bits per heavy atom. The molecule has 2 N–H and O–H groups in total. The van der Waals surface area contributed by atoms with Gasteiger partial charge in [0, 0.05) is 50.4 Å². The fourth-order valence-electron chi connectivity index (χ4n) is 4.32. The van der Waals surface area contributed by atoms with E-state index in [-0.39, 0.29) is 29.7 Å². The molecule has 2 heterocycles. The molecule has 1 aromatic heterocycles. The van der Waals surface area contributed by atoms with Crippen molar-refractivity contribution in [1.29, 1.82) is 0 Å². The van der Waals surface area contributed by atoms with Crippen molar-refractivity contribution in [2.75, 3.05) is 53.4 Å². The SMILES string of the molecule is CN(C)CCN1CCN(C(=O)c2nc(-c3ccc(C(F)(F)F)cc3)oc2-c2ccccc2CC(N)=O)CC1. The third-order valence-electron chi connectivity index (χ3n) is 6.44. The second kappa shape index (κ2) is 11.4. The molecule has 0 saturated carbocycles. The van der Waals surface area contributed by atoms with Crippen molar-refractivity contribution in [3.8, 4) is 22.8 Å². The molecule has 202 valence electrons. The molecule has 0 aliphatic carbocycles. The first-order valence-corrected chi connectivity index (χ1v) is 12.2. The minimum absolute atomic E-state index is 0.00979. The van der Waals surface area contributed by atoms with E-state index < -0.39 is 17.6 Å². The lowest BCUT2D eigenvalue weighted by atomic mass is 10.0. The summed E-state index contributed by atoms with van der Waals surface area (Å²) in [6, 6.07) is 11.3. The number of oxazole rings is 1. The molecule has 8 nitrogen and oxygen atoms in total. The number of primary amides is 1. The number of nitrogens with two attached hydrogens (primary N) is 1. The predicted molar refractivity (Wildman–Crippen MR) is 136 cm³/mol. The fourth-order valence-corrected chi connectivity index (χ4v) is 4.32. The number of alkyl halides is 3. The lowest BCUT2D eigenvalue weighted by Crippen LogP contribution is -2.50. The quantitative estimate of drug-likeness (QED) is 0.481. The fraction of sp³-hybridized carbons (Fsp3) is 0.370. The van der Waals surface area contributed by atoms with Crippen LogP contribution in [-0.4, -0.2) is 84.9 Å². The van der Waals surface area contributed by atoms with Gasteiger partial charge < -0.3 is 20.0 Å². The maximum atomic E-state index is 13.7. The Morgan fingerprint density at radius 1 is 1.03 bits per heavy atom. The van der Waals surface area contributed by atoms with Crippen LogP contribution in [0.25, 0.3) is 22.8 Å². The second-order valence-corrected chi connectivity index (χ2v) is 9.51. The number of halogens is 3. The summed E-state index contributed by atoms with van der Waals surface area (Å²) < 4.78 is 45.2. The van der Waals surface area contributed by atoms with Crippen molar-refractivity contribution < 1.29 is 27.2 Å². The molecular weight excluding hydrogens is 499 g/mol. The monoisotopic (exact) mass is 529 g/mol. The van der Waals surface area contributed by atoms with E-state index in [9.17, 15) is 22.8 Å². The molecule has 11 heteroatoms. The van der Waals surface area contributed by atoms with Crippen LogP contribution in [0.5, 0.6) is 0 Å². The summed E-state index contributed by atoms with van der Waals surface area (Å²) in [4.78, 5) is 35.9. The van der Waals surface area contributed by atoms with E-state index in [0.29, 0.717) is 42.9 Å². The van der Waals surface area contributed by atoms with Crippen LogP contribution in [0.15, 0.2) is 52.9 Å². The number of carbonyl (C=O) groups excluding carboxylic acids is 2. The number of nitrogens with zero attached hydrogens (tertiary/aromatic N) is 4. The van der Waals surface area contributed by atoms with Gasteiger partial charge in [-0.2, -0.15) is 13.2 Å². The lowest BCUT2D eigenvalue weighted by molar-refractivity contribution is -0.137. The summed E-state index contributed by atoms with van der Waals surface area (Å²) in [7, 11) is 4.02. The van der Waals surface area contributed by atoms with Gasteiger partial charge in [0.05, 0.1) is 12.0 Å². The highest BCUT2D eigenvalue weighted by molar-refractivity contribution is 5.99. The zero-order valence-corrected chi connectivity index (χ0v) is 21.3. The summed E-state index contributed by atoms with van der Waals surface area (Å²) in [6.45, 7) is 4.21. The van der Waals surface area contributed by atoms with Crippen LogP contribution in [0.2, 0.25) is 0 Å². The van der Waals surface area contributed by atoms with Gasteiger partial charge in [0.2, 0.25) is 11.8 Å². The van der Waals surface area contributed by atoms with Gasteiger partial charge in [-0.05, 0) is 43.9 Å². The Morgan fingerprint density at radius 2 is 1.68 bits per heavy atom. The number of piperazine rings is 1. The highest BCUT2D eigenvalue weighted by Gasteiger charge is 2.32. The topological polar surface area (TPSA) is 95.9 Å². The van der Waals surface area contributed by atoms with Crippen molar-refractivity contribution in [2.24, 2.45) is 5.73 Å². The summed E-state index contributed by atoms with van der Waals surface area (Å²) in [5.41, 5.74) is 5.99. The van der Waals surface area contributed by atoms with Crippen LogP contribution in [0.4, 0.5) is 13.2 Å². The van der Waals surface area contributed by atoms with Gasteiger partial charge in [0.1, 0.15) is 0 Å². The lowest BCUT2D eigenvalue weighted by Gasteiger charge is -2.34. The number of aromatic nitrogens is 1. The smallest absolute Gasteiger partial charge is 0.416 e. The van der Waals surface area contributed by atoms with E-state index >= 15 is 0 Å². The van der Waals surface area contributed by atoms with E-state index in [1.807, 2.05) is 14.1 Å². The predicted octanol–water partition coefficient (Wildman–Crippen LogP) is 3.37. The maximum absolute atomic E-state index is 13.7. The number of benzene rings is 2. The maximum Gasteiger partial charge on any atom is 0.416 e. The van der Waals surface area contributed by atoms with E-state index in [0.717, 1.165) is 25.2 Å². The molecule has 3 aromatic rings. The number of rotatable bonds is 8. The first-order valence-electron chi connectivity index (χ1n) is 12.2. The molecule has 2 aromatic carbocycles. The standard InChI is InChI=1S/C27H30F3N5O3/c1-33(2)11-12-34-13-15-35(16-14-34)26(37)23-24(21-6-4-3-5-19(21)17-22(31)36)38-25(32-23)18-7-9-20(10-8-18)27(28,29)30/h3-10H,11-17H2,1-2H3,(H2,31,36). The Bertz CT molecular complexity index is 1280. The van der Waals surface area contributed by atoms with Crippen LogP contribution in [0, 0.1) is 0 Å². The van der Waals surface area contributed by atoms with Gasteiger partial charge in [-0.1, -0.05) is 24.3 Å². The normalized spacial score (nSPS) is 14.7. The number of carbonyl (C=O) groups is 2.